The molecule has 9 nitrogen and oxygen atoms in total. The van der Waals surface area contributed by atoms with E-state index in [0.717, 1.165) is 10.8 Å². The fourth-order valence-corrected chi connectivity index (χ4v) is 3.16. The van der Waals surface area contributed by atoms with Gasteiger partial charge in [-0.05, 0) is 24.1 Å². The van der Waals surface area contributed by atoms with Crippen molar-refractivity contribution in [2.24, 2.45) is 0 Å². The van der Waals surface area contributed by atoms with E-state index in [9.17, 15) is 4.79 Å². The molecule has 1 saturated heterocycles. The number of carbonyl (C=O) groups is 1. The number of aromatic nitrogens is 3. The smallest absolute Gasteiger partial charge is 0.323 e. The normalized spacial score (nSPS) is 13.3. The number of methoxy groups -OCH3 is 1. The Hall–Kier alpha value is -3.90. The molecule has 0 atom stereocenters. The van der Waals surface area contributed by atoms with Crippen LogP contribution >= 0.6 is 0 Å². The quantitative estimate of drug-likeness (QED) is 0.630. The first-order chi connectivity index (χ1) is 15.2. The number of morpholine rings is 1. The highest BCUT2D eigenvalue weighted by atomic mass is 16.5. The molecule has 31 heavy (non-hydrogen) atoms. The molecule has 1 fully saturated rings. The number of urea groups is 1. The first-order valence-electron chi connectivity index (χ1n) is 9.80. The van der Waals surface area contributed by atoms with Gasteiger partial charge in [-0.25, -0.2) is 19.7 Å². The van der Waals surface area contributed by atoms with Crippen LogP contribution in [0.25, 0.3) is 10.8 Å². The summed E-state index contributed by atoms with van der Waals surface area (Å²) in [7, 11) is 3.38. The number of hydrogen-bond donors (Lipinski definition) is 2. The van der Waals surface area contributed by atoms with Crippen molar-refractivity contribution in [3.05, 3.63) is 48.0 Å². The number of nitrogens with zero attached hydrogens (tertiary/aromatic N) is 4. The van der Waals surface area contributed by atoms with E-state index in [2.05, 4.69) is 37.4 Å². The van der Waals surface area contributed by atoms with Gasteiger partial charge in [-0.3, -0.25) is 5.32 Å². The van der Waals surface area contributed by atoms with Crippen molar-refractivity contribution in [3.8, 4) is 17.6 Å². The fourth-order valence-electron chi connectivity index (χ4n) is 3.16. The lowest BCUT2D eigenvalue weighted by Crippen LogP contribution is -2.43. The van der Waals surface area contributed by atoms with Gasteiger partial charge in [0.25, 0.3) is 0 Å². The van der Waals surface area contributed by atoms with Crippen LogP contribution in [0.1, 0.15) is 11.3 Å². The van der Waals surface area contributed by atoms with Gasteiger partial charge in [0.05, 0.1) is 32.1 Å². The molecule has 0 aromatic carbocycles. The third-order valence-electron chi connectivity index (χ3n) is 4.84. The number of anilines is 2. The zero-order valence-corrected chi connectivity index (χ0v) is 17.3. The Morgan fingerprint density at radius 3 is 2.65 bits per heavy atom. The average Bonchev–Trinajstić information content (AvgIpc) is 2.83. The van der Waals surface area contributed by atoms with Gasteiger partial charge in [-0.1, -0.05) is 5.92 Å². The Morgan fingerprint density at radius 1 is 1.10 bits per heavy atom. The Bertz CT molecular complexity index is 1150. The number of nitrogens with one attached hydrogen (secondary N) is 2. The number of hydrogen-bond acceptors (Lipinski definition) is 7. The van der Waals surface area contributed by atoms with E-state index in [-0.39, 0.29) is 6.03 Å². The summed E-state index contributed by atoms with van der Waals surface area (Å²) in [6.45, 7) is 2.18. The summed E-state index contributed by atoms with van der Waals surface area (Å²) in [4.78, 5) is 27.3. The predicted octanol–water partition coefficient (Wildman–Crippen LogP) is 2.34. The molecular weight excluding hydrogens is 396 g/mol. The van der Waals surface area contributed by atoms with Gasteiger partial charge in [0.15, 0.2) is 0 Å². The van der Waals surface area contributed by atoms with Gasteiger partial charge >= 0.3 is 6.03 Å². The van der Waals surface area contributed by atoms with Crippen LogP contribution < -0.4 is 15.4 Å². The molecule has 2 N–H and O–H groups in total. The van der Waals surface area contributed by atoms with Crippen LogP contribution in [0.4, 0.5) is 16.4 Å². The van der Waals surface area contributed by atoms with E-state index in [1.54, 1.807) is 49.8 Å². The van der Waals surface area contributed by atoms with Gasteiger partial charge in [0.2, 0.25) is 0 Å². The van der Waals surface area contributed by atoms with Crippen molar-refractivity contribution in [1.82, 2.24) is 19.9 Å². The van der Waals surface area contributed by atoms with Crippen LogP contribution in [0.2, 0.25) is 0 Å². The highest BCUT2D eigenvalue weighted by Gasteiger charge is 2.17. The van der Waals surface area contributed by atoms with Crippen LogP contribution in [0.3, 0.4) is 0 Å². The van der Waals surface area contributed by atoms with Crippen LogP contribution in [0, 0.1) is 11.8 Å². The molecule has 1 aliphatic heterocycles. The van der Waals surface area contributed by atoms with Crippen LogP contribution in [0.15, 0.2) is 36.8 Å². The minimum atomic E-state index is -0.201. The SMILES string of the molecule is CNc1ncc(C#Cc2ccc(OC)cn2)c2cc(NC(=O)N3CCOCC3)ncc12. The molecule has 3 aromatic heterocycles. The molecule has 0 aliphatic carbocycles. The molecule has 2 amide bonds. The topological polar surface area (TPSA) is 102 Å². The van der Waals surface area contributed by atoms with E-state index >= 15 is 0 Å². The molecule has 0 unspecified atom stereocenters. The minimum Gasteiger partial charge on any atom is -0.495 e. The lowest BCUT2D eigenvalue weighted by molar-refractivity contribution is 0.0564. The summed E-state index contributed by atoms with van der Waals surface area (Å²) >= 11 is 0. The summed E-state index contributed by atoms with van der Waals surface area (Å²) in [5.74, 6) is 7.97. The third-order valence-corrected chi connectivity index (χ3v) is 4.84. The fraction of sp³-hybridized carbons (Fsp3) is 0.273. The Kier molecular flexibility index (Phi) is 6.10. The number of pyridine rings is 3. The maximum Gasteiger partial charge on any atom is 0.323 e. The van der Waals surface area contributed by atoms with Crippen molar-refractivity contribution in [3.63, 3.8) is 0 Å². The summed E-state index contributed by atoms with van der Waals surface area (Å²) < 4.78 is 10.4. The second kappa shape index (κ2) is 9.28. The molecular formula is C22H22N6O3. The molecule has 4 heterocycles. The van der Waals surface area contributed by atoms with E-state index < -0.39 is 0 Å². The molecule has 4 rings (SSSR count). The number of fused-ring (bicyclic) bond motifs is 1. The Labute approximate surface area is 179 Å². The zero-order chi connectivity index (χ0) is 21.6. The number of ether oxygens (including phenoxy) is 2. The second-order valence-corrected chi connectivity index (χ2v) is 6.75. The zero-order valence-electron chi connectivity index (χ0n) is 17.3. The second-order valence-electron chi connectivity index (χ2n) is 6.75. The van der Waals surface area contributed by atoms with Crippen LogP contribution in [0.5, 0.6) is 5.75 Å². The lowest BCUT2D eigenvalue weighted by Gasteiger charge is -2.26. The van der Waals surface area contributed by atoms with Crippen molar-refractivity contribution < 1.29 is 14.3 Å². The molecule has 158 valence electrons. The van der Waals surface area contributed by atoms with Crippen molar-refractivity contribution in [2.45, 2.75) is 0 Å². The lowest BCUT2D eigenvalue weighted by atomic mass is 10.1. The Balaban J connectivity index is 1.65. The van der Waals surface area contributed by atoms with Gasteiger partial charge in [-0.2, -0.15) is 0 Å². The number of rotatable bonds is 3. The largest absolute Gasteiger partial charge is 0.495 e. The number of carbonyl (C=O) groups excluding carboxylic acids is 1. The maximum atomic E-state index is 12.5. The molecule has 9 heteroatoms. The van der Waals surface area contributed by atoms with E-state index in [0.29, 0.717) is 54.9 Å². The summed E-state index contributed by atoms with van der Waals surface area (Å²) in [6.07, 6.45) is 4.99. The standard InChI is InChI=1S/C22H22N6O3/c1-23-21-19-14-25-20(27-22(29)28-7-9-31-10-8-28)11-18(19)15(12-26-21)3-4-16-5-6-17(30-2)13-24-16/h5-6,11-14H,7-10H2,1-2H3,(H,23,26)(H,25,27,29). The van der Waals surface area contributed by atoms with Crippen LogP contribution in [-0.4, -0.2) is 66.3 Å². The molecule has 3 aromatic rings. The van der Waals surface area contributed by atoms with Crippen molar-refractivity contribution in [1.29, 1.82) is 0 Å². The predicted molar refractivity (Wildman–Crippen MR) is 117 cm³/mol. The first-order valence-corrected chi connectivity index (χ1v) is 9.80. The van der Waals surface area contributed by atoms with Gasteiger partial charge < -0.3 is 19.7 Å². The highest BCUT2D eigenvalue weighted by molar-refractivity contribution is 5.98. The van der Waals surface area contributed by atoms with Crippen molar-refractivity contribution in [2.75, 3.05) is 51.1 Å². The van der Waals surface area contributed by atoms with Crippen LogP contribution in [-0.2, 0) is 4.74 Å². The average molecular weight is 418 g/mol. The molecule has 1 aliphatic rings. The summed E-state index contributed by atoms with van der Waals surface area (Å²) in [6, 6.07) is 5.20. The Morgan fingerprint density at radius 2 is 1.94 bits per heavy atom. The molecule has 0 saturated carbocycles. The van der Waals surface area contributed by atoms with Crippen molar-refractivity contribution >= 4 is 28.4 Å². The number of amides is 2. The monoisotopic (exact) mass is 418 g/mol. The highest BCUT2D eigenvalue weighted by Crippen LogP contribution is 2.25. The van der Waals surface area contributed by atoms with Gasteiger partial charge in [0.1, 0.15) is 23.1 Å². The van der Waals surface area contributed by atoms with Gasteiger partial charge in [0, 0.05) is 43.3 Å². The van der Waals surface area contributed by atoms with E-state index in [1.165, 1.54) is 0 Å². The summed E-state index contributed by atoms with van der Waals surface area (Å²) in [5, 5.41) is 7.55. The minimum absolute atomic E-state index is 0.201. The summed E-state index contributed by atoms with van der Waals surface area (Å²) in [5.41, 5.74) is 1.32. The molecule has 0 radical (unpaired) electrons. The van der Waals surface area contributed by atoms with E-state index in [1.807, 2.05) is 6.07 Å². The third kappa shape index (κ3) is 4.65. The first kappa shape index (κ1) is 20.4. The van der Waals surface area contributed by atoms with E-state index in [4.69, 9.17) is 9.47 Å². The maximum absolute atomic E-state index is 12.5. The molecule has 0 bridgehead atoms. The molecule has 0 spiro atoms. The van der Waals surface area contributed by atoms with Gasteiger partial charge in [-0.15, -0.1) is 0 Å².